The Morgan fingerprint density at radius 1 is 1.24 bits per heavy atom. The minimum Gasteiger partial charge on any atom is -0.478 e. The van der Waals surface area contributed by atoms with Gasteiger partial charge in [0.05, 0.1) is 11.4 Å². The van der Waals surface area contributed by atoms with Gasteiger partial charge >= 0.3 is 5.97 Å². The lowest BCUT2D eigenvalue weighted by Crippen LogP contribution is -2.36. The zero-order valence-corrected chi connectivity index (χ0v) is 12.9. The first-order valence-electron chi connectivity index (χ1n) is 8.06. The minimum absolute atomic E-state index is 0.394. The molecular formula is C17H24N2O2. The third-order valence-corrected chi connectivity index (χ3v) is 5.07. The van der Waals surface area contributed by atoms with E-state index in [0.29, 0.717) is 17.3 Å². The second kappa shape index (κ2) is 5.66. The second-order valence-corrected chi connectivity index (χ2v) is 6.50. The molecule has 2 aliphatic rings. The molecular weight excluding hydrogens is 264 g/mol. The molecule has 0 spiro atoms. The number of carboxylic acid groups (broad SMARTS) is 1. The van der Waals surface area contributed by atoms with Crippen molar-refractivity contribution in [3.05, 3.63) is 23.0 Å². The largest absolute Gasteiger partial charge is 0.478 e. The number of hydrogen-bond acceptors (Lipinski definition) is 3. The fourth-order valence-corrected chi connectivity index (χ4v) is 4.22. The van der Waals surface area contributed by atoms with Crippen molar-refractivity contribution in [2.45, 2.75) is 58.4 Å². The molecule has 1 aromatic rings. The van der Waals surface area contributed by atoms with Gasteiger partial charge in [0.2, 0.25) is 0 Å². The maximum absolute atomic E-state index is 11.7. The molecule has 2 fully saturated rings. The number of aromatic carboxylic acids is 1. The smallest absolute Gasteiger partial charge is 0.339 e. The summed E-state index contributed by atoms with van der Waals surface area (Å²) in [5, 5.41) is 9.58. The van der Waals surface area contributed by atoms with Gasteiger partial charge in [-0.3, -0.25) is 4.98 Å². The molecule has 1 atom stereocenters. The average Bonchev–Trinajstić information content (AvgIpc) is 3.08. The first-order valence-corrected chi connectivity index (χ1v) is 8.06. The summed E-state index contributed by atoms with van der Waals surface area (Å²) in [7, 11) is 0. The van der Waals surface area contributed by atoms with Crippen LogP contribution in [0, 0.1) is 19.8 Å². The van der Waals surface area contributed by atoms with Crippen LogP contribution >= 0.6 is 0 Å². The summed E-state index contributed by atoms with van der Waals surface area (Å²) < 4.78 is 0. The molecule has 3 rings (SSSR count). The van der Waals surface area contributed by atoms with E-state index in [0.717, 1.165) is 23.8 Å². The molecule has 1 aliphatic heterocycles. The quantitative estimate of drug-likeness (QED) is 0.924. The Morgan fingerprint density at radius 2 is 1.95 bits per heavy atom. The normalized spacial score (nSPS) is 23.0. The highest BCUT2D eigenvalue weighted by molar-refractivity contribution is 5.95. The van der Waals surface area contributed by atoms with Crippen molar-refractivity contribution in [2.75, 3.05) is 11.4 Å². The number of aromatic nitrogens is 1. The molecule has 4 nitrogen and oxygen atoms in total. The predicted octanol–water partition coefficient (Wildman–Crippen LogP) is 3.56. The van der Waals surface area contributed by atoms with Crippen LogP contribution in [-0.4, -0.2) is 28.6 Å². The van der Waals surface area contributed by atoms with Gasteiger partial charge in [-0.25, -0.2) is 4.79 Å². The Hall–Kier alpha value is -1.58. The predicted molar refractivity (Wildman–Crippen MR) is 83.0 cm³/mol. The molecule has 1 N–H and O–H groups in total. The lowest BCUT2D eigenvalue weighted by Gasteiger charge is -2.32. The van der Waals surface area contributed by atoms with E-state index in [-0.39, 0.29) is 0 Å². The maximum Gasteiger partial charge on any atom is 0.339 e. The summed E-state index contributed by atoms with van der Waals surface area (Å²) in [6, 6.07) is 2.48. The molecule has 1 saturated carbocycles. The Kier molecular flexibility index (Phi) is 3.87. The summed E-state index contributed by atoms with van der Waals surface area (Å²) in [4.78, 5) is 18.4. The van der Waals surface area contributed by atoms with Crippen molar-refractivity contribution < 1.29 is 9.90 Å². The number of carboxylic acids is 1. The third-order valence-electron chi connectivity index (χ3n) is 5.07. The van der Waals surface area contributed by atoms with Gasteiger partial charge in [0.25, 0.3) is 0 Å². The van der Waals surface area contributed by atoms with E-state index in [4.69, 9.17) is 0 Å². The number of carbonyl (C=O) groups is 1. The lowest BCUT2D eigenvalue weighted by atomic mass is 9.95. The fourth-order valence-electron chi connectivity index (χ4n) is 4.22. The zero-order chi connectivity index (χ0) is 15.0. The highest BCUT2D eigenvalue weighted by Crippen LogP contribution is 2.39. The van der Waals surface area contributed by atoms with Gasteiger partial charge in [-0.1, -0.05) is 12.8 Å². The van der Waals surface area contributed by atoms with E-state index in [1.54, 1.807) is 6.92 Å². The van der Waals surface area contributed by atoms with E-state index >= 15 is 0 Å². The van der Waals surface area contributed by atoms with Gasteiger partial charge in [-0.15, -0.1) is 0 Å². The van der Waals surface area contributed by atoms with Crippen molar-refractivity contribution >= 4 is 11.7 Å². The molecule has 1 saturated heterocycles. The number of nitrogens with zero attached hydrogens (tertiary/aromatic N) is 2. The molecule has 114 valence electrons. The monoisotopic (exact) mass is 288 g/mol. The SMILES string of the molecule is Cc1cc(N2CCCC2C2CCCC2)c(C(=O)O)c(C)n1. The molecule has 1 aliphatic carbocycles. The van der Waals surface area contributed by atoms with Crippen LogP contribution < -0.4 is 4.90 Å². The zero-order valence-electron chi connectivity index (χ0n) is 12.9. The molecule has 0 amide bonds. The van der Waals surface area contributed by atoms with Crippen molar-refractivity contribution in [3.63, 3.8) is 0 Å². The number of anilines is 1. The first-order chi connectivity index (χ1) is 10.1. The van der Waals surface area contributed by atoms with E-state index in [1.165, 1.54) is 38.5 Å². The Labute approximate surface area is 126 Å². The maximum atomic E-state index is 11.7. The summed E-state index contributed by atoms with van der Waals surface area (Å²) in [5.74, 6) is -0.116. The molecule has 0 aromatic carbocycles. The lowest BCUT2D eigenvalue weighted by molar-refractivity contribution is 0.0696. The Bertz CT molecular complexity index is 550. The molecule has 1 unspecified atom stereocenters. The average molecular weight is 288 g/mol. The molecule has 21 heavy (non-hydrogen) atoms. The number of pyridine rings is 1. The van der Waals surface area contributed by atoms with Crippen molar-refractivity contribution in [1.29, 1.82) is 0 Å². The molecule has 0 radical (unpaired) electrons. The van der Waals surface area contributed by atoms with Gasteiger partial charge in [-0.2, -0.15) is 0 Å². The standard InChI is InChI=1S/C17H24N2O2/c1-11-10-15(16(17(20)21)12(2)18-11)19-9-5-8-14(19)13-6-3-4-7-13/h10,13-14H,3-9H2,1-2H3,(H,20,21). The van der Waals surface area contributed by atoms with E-state index in [9.17, 15) is 9.90 Å². The Morgan fingerprint density at radius 3 is 2.62 bits per heavy atom. The number of aryl methyl sites for hydroxylation is 2. The van der Waals surface area contributed by atoms with Gasteiger partial charge in [-0.05, 0) is 51.5 Å². The highest BCUT2D eigenvalue weighted by Gasteiger charge is 2.35. The molecule has 4 heteroatoms. The molecule has 0 bridgehead atoms. The van der Waals surface area contributed by atoms with E-state index in [1.807, 2.05) is 13.0 Å². The van der Waals surface area contributed by atoms with Gasteiger partial charge < -0.3 is 10.0 Å². The Balaban J connectivity index is 2.00. The van der Waals surface area contributed by atoms with Gasteiger partial charge in [0.1, 0.15) is 5.56 Å². The van der Waals surface area contributed by atoms with Crippen LogP contribution in [0.15, 0.2) is 6.07 Å². The van der Waals surface area contributed by atoms with E-state index in [2.05, 4.69) is 9.88 Å². The van der Waals surface area contributed by atoms with Crippen molar-refractivity contribution in [1.82, 2.24) is 4.98 Å². The van der Waals surface area contributed by atoms with Gasteiger partial charge in [0.15, 0.2) is 0 Å². The molecule has 2 heterocycles. The van der Waals surface area contributed by atoms with Crippen LogP contribution in [-0.2, 0) is 0 Å². The summed E-state index contributed by atoms with van der Waals surface area (Å²) >= 11 is 0. The molecule has 1 aromatic heterocycles. The van der Waals surface area contributed by atoms with Crippen LogP contribution in [0.25, 0.3) is 0 Å². The van der Waals surface area contributed by atoms with Crippen molar-refractivity contribution in [3.8, 4) is 0 Å². The van der Waals surface area contributed by atoms with Crippen molar-refractivity contribution in [2.24, 2.45) is 5.92 Å². The van der Waals surface area contributed by atoms with Crippen LogP contribution in [0.2, 0.25) is 0 Å². The summed E-state index contributed by atoms with van der Waals surface area (Å²) in [6.07, 6.45) is 7.62. The van der Waals surface area contributed by atoms with Crippen LogP contribution in [0.3, 0.4) is 0 Å². The number of hydrogen-bond donors (Lipinski definition) is 1. The summed E-state index contributed by atoms with van der Waals surface area (Å²) in [6.45, 7) is 4.73. The highest BCUT2D eigenvalue weighted by atomic mass is 16.4. The third kappa shape index (κ3) is 2.63. The second-order valence-electron chi connectivity index (χ2n) is 6.50. The van der Waals surface area contributed by atoms with Crippen LogP contribution in [0.1, 0.15) is 60.3 Å². The first kappa shape index (κ1) is 14.4. The number of rotatable bonds is 3. The minimum atomic E-state index is -0.855. The van der Waals surface area contributed by atoms with E-state index < -0.39 is 5.97 Å². The van der Waals surface area contributed by atoms with Crippen LogP contribution in [0.5, 0.6) is 0 Å². The topological polar surface area (TPSA) is 53.4 Å². The van der Waals surface area contributed by atoms with Gasteiger partial charge in [0, 0.05) is 18.3 Å². The fraction of sp³-hybridized carbons (Fsp3) is 0.647. The van der Waals surface area contributed by atoms with Crippen LogP contribution in [0.4, 0.5) is 5.69 Å². The summed E-state index contributed by atoms with van der Waals surface area (Å²) in [5.41, 5.74) is 2.83.